The lowest BCUT2D eigenvalue weighted by Crippen LogP contribution is -2.49. The van der Waals surface area contributed by atoms with Crippen LogP contribution in [0.25, 0.3) is 0 Å². The van der Waals surface area contributed by atoms with Crippen LogP contribution in [-0.2, 0) is 0 Å². The van der Waals surface area contributed by atoms with Crippen LogP contribution in [-0.4, -0.2) is 47.0 Å². The minimum atomic E-state index is -0.240. The molecule has 1 aromatic carbocycles. The average Bonchev–Trinajstić information content (AvgIpc) is 2.56. The maximum absolute atomic E-state index is 13.0. The van der Waals surface area contributed by atoms with Crippen LogP contribution in [0.1, 0.15) is 16.2 Å². The number of piperazine rings is 1. The van der Waals surface area contributed by atoms with Crippen molar-refractivity contribution in [1.29, 1.82) is 0 Å². The Morgan fingerprint density at radius 1 is 1.05 bits per heavy atom. The van der Waals surface area contributed by atoms with Gasteiger partial charge in [0.15, 0.2) is 0 Å². The molecular formula is C16H17FN4O. The number of hydrogen-bond donors (Lipinski definition) is 0. The van der Waals surface area contributed by atoms with E-state index in [1.165, 1.54) is 18.3 Å². The molecule has 0 bridgehead atoms. The van der Waals surface area contributed by atoms with Crippen molar-refractivity contribution in [2.45, 2.75) is 6.92 Å². The van der Waals surface area contributed by atoms with E-state index in [0.29, 0.717) is 18.8 Å². The van der Waals surface area contributed by atoms with E-state index in [4.69, 9.17) is 0 Å². The van der Waals surface area contributed by atoms with Gasteiger partial charge in [-0.05, 0) is 31.2 Å². The molecule has 1 aromatic heterocycles. The van der Waals surface area contributed by atoms with Crippen molar-refractivity contribution < 1.29 is 9.18 Å². The lowest BCUT2D eigenvalue weighted by atomic mass is 10.2. The number of aryl methyl sites for hydroxylation is 1. The van der Waals surface area contributed by atoms with E-state index in [9.17, 15) is 9.18 Å². The number of benzene rings is 1. The number of nitrogens with zero attached hydrogens (tertiary/aromatic N) is 4. The lowest BCUT2D eigenvalue weighted by Gasteiger charge is -2.35. The first-order chi connectivity index (χ1) is 10.6. The number of carbonyl (C=O) groups excluding carboxylic acids is 1. The molecule has 1 saturated heterocycles. The molecular weight excluding hydrogens is 283 g/mol. The van der Waals surface area contributed by atoms with E-state index in [-0.39, 0.29) is 11.7 Å². The highest BCUT2D eigenvalue weighted by Gasteiger charge is 2.23. The van der Waals surface area contributed by atoms with Gasteiger partial charge in [0.25, 0.3) is 5.91 Å². The molecule has 0 N–H and O–H groups in total. The van der Waals surface area contributed by atoms with Gasteiger partial charge in [-0.1, -0.05) is 0 Å². The quantitative estimate of drug-likeness (QED) is 0.850. The molecule has 1 aliphatic rings. The Kier molecular flexibility index (Phi) is 4.00. The topological polar surface area (TPSA) is 49.3 Å². The summed E-state index contributed by atoms with van der Waals surface area (Å²) in [6, 6.07) is 6.43. The molecule has 3 rings (SSSR count). The standard InChI is InChI=1S/C16H17FN4O/c1-12-10-19-15(11-18-12)16(22)21-8-6-20(7-9-21)14-4-2-13(17)3-5-14/h2-5,10-11H,6-9H2,1H3. The predicted molar refractivity (Wildman–Crippen MR) is 81.3 cm³/mol. The zero-order chi connectivity index (χ0) is 15.5. The molecule has 1 fully saturated rings. The van der Waals surface area contributed by atoms with Crippen LogP contribution in [0.5, 0.6) is 0 Å². The predicted octanol–water partition coefficient (Wildman–Crippen LogP) is 1.89. The minimum absolute atomic E-state index is 0.0914. The van der Waals surface area contributed by atoms with Crippen LogP contribution in [0.4, 0.5) is 10.1 Å². The summed E-state index contributed by atoms with van der Waals surface area (Å²) >= 11 is 0. The van der Waals surface area contributed by atoms with Crippen LogP contribution >= 0.6 is 0 Å². The largest absolute Gasteiger partial charge is 0.368 e. The zero-order valence-corrected chi connectivity index (χ0v) is 12.4. The third-order valence-corrected chi connectivity index (χ3v) is 3.76. The molecule has 2 aromatic rings. The van der Waals surface area contributed by atoms with Crippen LogP contribution in [0.2, 0.25) is 0 Å². The van der Waals surface area contributed by atoms with Gasteiger partial charge in [0.2, 0.25) is 0 Å². The third kappa shape index (κ3) is 3.05. The highest BCUT2D eigenvalue weighted by Crippen LogP contribution is 2.17. The second-order valence-electron chi connectivity index (χ2n) is 5.30. The number of amides is 1. The van der Waals surface area contributed by atoms with E-state index in [2.05, 4.69) is 14.9 Å². The van der Waals surface area contributed by atoms with E-state index in [1.54, 1.807) is 23.2 Å². The first-order valence-corrected chi connectivity index (χ1v) is 7.22. The molecule has 0 radical (unpaired) electrons. The van der Waals surface area contributed by atoms with Crippen molar-refractivity contribution in [3.05, 3.63) is 53.9 Å². The molecule has 114 valence electrons. The van der Waals surface area contributed by atoms with Gasteiger partial charge in [0.1, 0.15) is 11.5 Å². The maximum Gasteiger partial charge on any atom is 0.274 e. The van der Waals surface area contributed by atoms with Gasteiger partial charge in [-0.2, -0.15) is 0 Å². The number of anilines is 1. The molecule has 0 spiro atoms. The molecule has 22 heavy (non-hydrogen) atoms. The molecule has 1 aliphatic heterocycles. The molecule has 0 saturated carbocycles. The number of aromatic nitrogens is 2. The van der Waals surface area contributed by atoms with Gasteiger partial charge >= 0.3 is 0 Å². The monoisotopic (exact) mass is 300 g/mol. The fourth-order valence-electron chi connectivity index (χ4n) is 2.48. The molecule has 2 heterocycles. The average molecular weight is 300 g/mol. The van der Waals surface area contributed by atoms with E-state index in [1.807, 2.05) is 6.92 Å². The number of rotatable bonds is 2. The van der Waals surface area contributed by atoms with Crippen LogP contribution in [0.15, 0.2) is 36.7 Å². The number of hydrogen-bond acceptors (Lipinski definition) is 4. The smallest absolute Gasteiger partial charge is 0.274 e. The summed E-state index contributed by atoms with van der Waals surface area (Å²) < 4.78 is 13.0. The van der Waals surface area contributed by atoms with Crippen molar-refractivity contribution in [1.82, 2.24) is 14.9 Å². The van der Waals surface area contributed by atoms with Gasteiger partial charge < -0.3 is 9.80 Å². The van der Waals surface area contributed by atoms with Gasteiger partial charge in [0, 0.05) is 38.1 Å². The van der Waals surface area contributed by atoms with Gasteiger partial charge in [-0.25, -0.2) is 9.37 Å². The van der Waals surface area contributed by atoms with Crippen molar-refractivity contribution in [3.63, 3.8) is 0 Å². The summed E-state index contributed by atoms with van der Waals surface area (Å²) in [6.45, 7) is 4.51. The number of carbonyl (C=O) groups is 1. The van der Waals surface area contributed by atoms with E-state index in [0.717, 1.165) is 24.5 Å². The third-order valence-electron chi connectivity index (χ3n) is 3.76. The Bertz CT molecular complexity index is 649. The van der Waals surface area contributed by atoms with Crippen LogP contribution < -0.4 is 4.90 Å². The maximum atomic E-state index is 13.0. The summed E-state index contributed by atoms with van der Waals surface area (Å²) in [5.41, 5.74) is 2.14. The Morgan fingerprint density at radius 2 is 1.73 bits per heavy atom. The fraction of sp³-hybridized carbons (Fsp3) is 0.312. The highest BCUT2D eigenvalue weighted by atomic mass is 19.1. The Hall–Kier alpha value is -2.50. The normalized spacial score (nSPS) is 15.0. The molecule has 1 amide bonds. The molecule has 0 atom stereocenters. The highest BCUT2D eigenvalue weighted by molar-refractivity contribution is 5.92. The van der Waals surface area contributed by atoms with Gasteiger partial charge in [-0.15, -0.1) is 0 Å². The Balaban J connectivity index is 1.62. The summed E-state index contributed by atoms with van der Waals surface area (Å²) in [6.07, 6.45) is 3.12. The second kappa shape index (κ2) is 6.09. The second-order valence-corrected chi connectivity index (χ2v) is 5.30. The van der Waals surface area contributed by atoms with Crippen molar-refractivity contribution >= 4 is 11.6 Å². The van der Waals surface area contributed by atoms with E-state index < -0.39 is 0 Å². The minimum Gasteiger partial charge on any atom is -0.368 e. The van der Waals surface area contributed by atoms with E-state index >= 15 is 0 Å². The fourth-order valence-corrected chi connectivity index (χ4v) is 2.48. The SMILES string of the molecule is Cc1cnc(C(=O)N2CCN(c3ccc(F)cc3)CC2)cn1. The molecule has 5 nitrogen and oxygen atoms in total. The van der Waals surface area contributed by atoms with Crippen LogP contribution in [0, 0.1) is 12.7 Å². The summed E-state index contributed by atoms with van der Waals surface area (Å²) in [7, 11) is 0. The van der Waals surface area contributed by atoms with Gasteiger partial charge in [0.05, 0.1) is 11.9 Å². The Morgan fingerprint density at radius 3 is 2.32 bits per heavy atom. The molecule has 0 unspecified atom stereocenters. The first-order valence-electron chi connectivity index (χ1n) is 7.22. The molecule has 6 heteroatoms. The summed E-state index contributed by atoms with van der Waals surface area (Å²) in [5, 5.41) is 0. The van der Waals surface area contributed by atoms with Crippen molar-refractivity contribution in [3.8, 4) is 0 Å². The van der Waals surface area contributed by atoms with Gasteiger partial charge in [-0.3, -0.25) is 9.78 Å². The van der Waals surface area contributed by atoms with Crippen LogP contribution in [0.3, 0.4) is 0 Å². The van der Waals surface area contributed by atoms with Crippen molar-refractivity contribution in [2.75, 3.05) is 31.1 Å². The zero-order valence-electron chi connectivity index (χ0n) is 12.4. The van der Waals surface area contributed by atoms with Crippen molar-refractivity contribution in [2.24, 2.45) is 0 Å². The number of halogens is 1. The Labute approximate surface area is 128 Å². The first kappa shape index (κ1) is 14.4. The summed E-state index contributed by atoms with van der Waals surface area (Å²) in [5.74, 6) is -0.332. The lowest BCUT2D eigenvalue weighted by molar-refractivity contribution is 0.0740. The summed E-state index contributed by atoms with van der Waals surface area (Å²) in [4.78, 5) is 24.5. The molecule has 0 aliphatic carbocycles.